The molecule has 1 aliphatic heterocycles. The molecule has 1 heterocycles. The van der Waals surface area contributed by atoms with Crippen LogP contribution >= 0.6 is 11.6 Å². The Labute approximate surface area is 256 Å². The van der Waals surface area contributed by atoms with Gasteiger partial charge >= 0.3 is 0 Å². The van der Waals surface area contributed by atoms with Crippen LogP contribution in [-0.4, -0.2) is 29.6 Å². The molecule has 0 fully saturated rings. The maximum absolute atomic E-state index is 13.8. The first-order valence-corrected chi connectivity index (χ1v) is 15.5. The average molecular weight is 600 g/mol. The molecule has 3 aromatic rings. The molecule has 5 nitrogen and oxygen atoms in total. The first kappa shape index (κ1) is 29.2. The van der Waals surface area contributed by atoms with Crippen LogP contribution in [0.1, 0.15) is 68.1 Å². The third kappa shape index (κ3) is 5.98. The average Bonchev–Trinajstić information content (AvgIpc) is 3.00. The van der Waals surface area contributed by atoms with E-state index in [4.69, 9.17) is 21.1 Å². The number of hydrogen-bond acceptors (Lipinski definition) is 5. The lowest BCUT2D eigenvalue weighted by Crippen LogP contribution is -2.40. The number of carbonyl (C=O) groups excluding carboxylic acids is 2. The molecule has 0 saturated carbocycles. The fraction of sp³-hybridized carbons (Fsp3) is 0.333. The monoisotopic (exact) mass is 599 g/mol. The Kier molecular flexibility index (Phi) is 8.66. The van der Waals surface area contributed by atoms with Crippen LogP contribution in [0.3, 0.4) is 0 Å². The van der Waals surface area contributed by atoms with Crippen molar-refractivity contribution in [1.82, 2.24) is 4.90 Å². The van der Waals surface area contributed by atoms with Crippen LogP contribution < -0.4 is 9.47 Å². The molecule has 222 valence electrons. The van der Waals surface area contributed by atoms with E-state index in [1.165, 1.54) is 17.7 Å². The summed E-state index contributed by atoms with van der Waals surface area (Å²) in [5.74, 6) is 0.106. The molecule has 0 aromatic heterocycles. The second kappa shape index (κ2) is 12.8. The normalized spacial score (nSPS) is 17.2. The van der Waals surface area contributed by atoms with Gasteiger partial charge in [-0.1, -0.05) is 54.1 Å². The lowest BCUT2D eigenvalue weighted by atomic mass is 9.71. The van der Waals surface area contributed by atoms with Crippen LogP contribution in [0, 0.1) is 5.82 Å². The summed E-state index contributed by atoms with van der Waals surface area (Å²) in [4.78, 5) is 29.7. The van der Waals surface area contributed by atoms with E-state index in [-0.39, 0.29) is 24.0 Å². The van der Waals surface area contributed by atoms with E-state index in [0.29, 0.717) is 59.2 Å². The highest BCUT2D eigenvalue weighted by atomic mass is 35.5. The maximum atomic E-state index is 13.8. The molecule has 43 heavy (non-hydrogen) atoms. The highest BCUT2D eigenvalue weighted by Gasteiger charge is 2.43. The lowest BCUT2D eigenvalue weighted by molar-refractivity contribution is -0.117. The standard InChI is InChI=1S/C36H35ClFNO4/c1-2-42-32-21-25(20-27(37)36(32)43-22-24-11-6-12-26(38)19-24)33-34-28(13-7-15-30(34)40)39(18-17-23-9-4-3-5-10-23)29-14-8-16-31(41)35(29)33/h3-6,9-12,19-21,33H,2,7-8,13-18,22H2,1H3. The molecule has 3 aliphatic rings. The minimum Gasteiger partial charge on any atom is -0.490 e. The number of carbonyl (C=O) groups is 2. The van der Waals surface area contributed by atoms with Gasteiger partial charge in [0.1, 0.15) is 12.4 Å². The number of nitrogens with zero attached hydrogens (tertiary/aromatic N) is 1. The highest BCUT2D eigenvalue weighted by molar-refractivity contribution is 6.32. The van der Waals surface area contributed by atoms with Gasteiger partial charge in [-0.2, -0.15) is 0 Å². The fourth-order valence-electron chi connectivity index (χ4n) is 6.65. The summed E-state index contributed by atoms with van der Waals surface area (Å²) in [6, 6.07) is 20.2. The Morgan fingerprint density at radius 1 is 0.837 bits per heavy atom. The van der Waals surface area contributed by atoms with Crippen molar-refractivity contribution in [3.8, 4) is 11.5 Å². The van der Waals surface area contributed by atoms with Crippen LogP contribution in [0.2, 0.25) is 5.02 Å². The van der Waals surface area contributed by atoms with Gasteiger partial charge in [-0.05, 0) is 80.0 Å². The third-order valence-electron chi connectivity index (χ3n) is 8.49. The van der Waals surface area contributed by atoms with Gasteiger partial charge in [0.25, 0.3) is 0 Å². The molecule has 0 N–H and O–H groups in total. The summed E-state index contributed by atoms with van der Waals surface area (Å²) < 4.78 is 25.8. The number of Topliss-reactive ketones (excluding diaryl/α,β-unsaturated/α-hetero) is 2. The summed E-state index contributed by atoms with van der Waals surface area (Å²) in [6.45, 7) is 3.07. The smallest absolute Gasteiger partial charge is 0.180 e. The number of ketones is 2. The molecule has 6 rings (SSSR count). The minimum absolute atomic E-state index is 0.0846. The van der Waals surface area contributed by atoms with E-state index in [1.54, 1.807) is 18.2 Å². The minimum atomic E-state index is -0.507. The predicted octanol–water partition coefficient (Wildman–Crippen LogP) is 8.11. The van der Waals surface area contributed by atoms with E-state index in [1.807, 2.05) is 31.2 Å². The molecular formula is C36H35ClFNO4. The van der Waals surface area contributed by atoms with Gasteiger partial charge in [-0.25, -0.2) is 4.39 Å². The summed E-state index contributed by atoms with van der Waals surface area (Å²) in [5, 5.41) is 0.319. The first-order valence-electron chi connectivity index (χ1n) is 15.1. The molecule has 0 unspecified atom stereocenters. The Morgan fingerprint density at radius 2 is 1.51 bits per heavy atom. The van der Waals surface area contributed by atoms with Gasteiger partial charge in [-0.15, -0.1) is 0 Å². The molecule has 0 amide bonds. The summed E-state index contributed by atoms with van der Waals surface area (Å²) in [6.07, 6.45) is 4.90. The van der Waals surface area contributed by atoms with E-state index < -0.39 is 5.92 Å². The number of rotatable bonds is 9. The van der Waals surface area contributed by atoms with Crippen molar-refractivity contribution in [2.75, 3.05) is 13.2 Å². The van der Waals surface area contributed by atoms with Crippen molar-refractivity contribution < 1.29 is 23.5 Å². The Morgan fingerprint density at radius 3 is 2.16 bits per heavy atom. The summed E-state index contributed by atoms with van der Waals surface area (Å²) in [5.41, 5.74) is 6.12. The van der Waals surface area contributed by atoms with Crippen molar-refractivity contribution in [2.45, 2.75) is 64.4 Å². The SMILES string of the molecule is CCOc1cc(C2C3=C(CCCC3=O)N(CCc3ccccc3)C3=C2C(=O)CCC3)cc(Cl)c1OCc1cccc(F)c1. The molecule has 0 bridgehead atoms. The predicted molar refractivity (Wildman–Crippen MR) is 165 cm³/mol. The van der Waals surface area contributed by atoms with Gasteiger partial charge in [-0.3, -0.25) is 9.59 Å². The number of hydrogen-bond donors (Lipinski definition) is 0. The molecule has 0 radical (unpaired) electrons. The van der Waals surface area contributed by atoms with Crippen LogP contribution in [0.25, 0.3) is 0 Å². The number of benzene rings is 3. The van der Waals surface area contributed by atoms with Gasteiger partial charge in [0, 0.05) is 47.8 Å². The third-order valence-corrected chi connectivity index (χ3v) is 8.77. The Bertz CT molecular complexity index is 1570. The maximum Gasteiger partial charge on any atom is 0.180 e. The Hall–Kier alpha value is -3.90. The molecule has 0 saturated heterocycles. The second-order valence-electron chi connectivity index (χ2n) is 11.3. The number of halogens is 2. The zero-order valence-corrected chi connectivity index (χ0v) is 25.1. The van der Waals surface area contributed by atoms with Gasteiger partial charge < -0.3 is 14.4 Å². The number of allylic oxidation sites excluding steroid dienone is 4. The second-order valence-corrected chi connectivity index (χ2v) is 11.7. The van der Waals surface area contributed by atoms with Crippen molar-refractivity contribution in [1.29, 1.82) is 0 Å². The molecule has 2 aliphatic carbocycles. The van der Waals surface area contributed by atoms with Crippen molar-refractivity contribution in [2.24, 2.45) is 0 Å². The van der Waals surface area contributed by atoms with Gasteiger partial charge in [0.05, 0.1) is 11.6 Å². The van der Waals surface area contributed by atoms with Crippen LogP contribution in [0.15, 0.2) is 89.3 Å². The zero-order chi connectivity index (χ0) is 29.9. The zero-order valence-electron chi connectivity index (χ0n) is 24.3. The number of ether oxygens (including phenoxy) is 2. The molecule has 3 aromatic carbocycles. The molecule has 0 atom stereocenters. The Balaban J connectivity index is 1.42. The van der Waals surface area contributed by atoms with E-state index in [2.05, 4.69) is 17.0 Å². The first-order chi connectivity index (χ1) is 20.9. The molecular weight excluding hydrogens is 565 g/mol. The fourth-order valence-corrected chi connectivity index (χ4v) is 6.92. The quantitative estimate of drug-likeness (QED) is 0.249. The van der Waals surface area contributed by atoms with Crippen molar-refractivity contribution in [3.63, 3.8) is 0 Å². The van der Waals surface area contributed by atoms with Crippen LogP contribution in [-0.2, 0) is 22.6 Å². The topological polar surface area (TPSA) is 55.8 Å². The van der Waals surface area contributed by atoms with E-state index in [0.717, 1.165) is 49.1 Å². The van der Waals surface area contributed by atoms with Crippen molar-refractivity contribution in [3.05, 3.63) is 117 Å². The van der Waals surface area contributed by atoms with E-state index >= 15 is 0 Å². The molecule has 7 heteroatoms. The summed E-state index contributed by atoms with van der Waals surface area (Å²) >= 11 is 6.86. The molecule has 0 spiro atoms. The van der Waals surface area contributed by atoms with Crippen molar-refractivity contribution >= 4 is 23.2 Å². The largest absolute Gasteiger partial charge is 0.490 e. The van der Waals surface area contributed by atoms with Crippen LogP contribution in [0.5, 0.6) is 11.5 Å². The van der Waals surface area contributed by atoms with Gasteiger partial charge in [0.2, 0.25) is 0 Å². The van der Waals surface area contributed by atoms with E-state index in [9.17, 15) is 14.0 Å². The lowest BCUT2D eigenvalue weighted by Gasteiger charge is -2.44. The van der Waals surface area contributed by atoms with Gasteiger partial charge in [0.15, 0.2) is 23.1 Å². The highest BCUT2D eigenvalue weighted by Crippen LogP contribution is 2.51. The summed E-state index contributed by atoms with van der Waals surface area (Å²) in [7, 11) is 0. The van der Waals surface area contributed by atoms with Crippen LogP contribution in [0.4, 0.5) is 4.39 Å².